The number of rotatable bonds is 3. The van der Waals surface area contributed by atoms with Crippen LogP contribution in [0.4, 0.5) is 5.69 Å². The summed E-state index contributed by atoms with van der Waals surface area (Å²) in [5, 5.41) is 7.29. The number of imidazole rings is 1. The van der Waals surface area contributed by atoms with E-state index in [-0.39, 0.29) is 18.0 Å². The van der Waals surface area contributed by atoms with Crippen LogP contribution in [0.25, 0.3) is 22.1 Å². The van der Waals surface area contributed by atoms with Crippen LogP contribution in [0, 0.1) is 0 Å². The quantitative estimate of drug-likeness (QED) is 0.574. The van der Waals surface area contributed by atoms with Gasteiger partial charge in [0, 0.05) is 25.7 Å². The van der Waals surface area contributed by atoms with Crippen molar-refractivity contribution in [3.63, 3.8) is 0 Å². The van der Waals surface area contributed by atoms with E-state index in [4.69, 9.17) is 4.98 Å². The second-order valence-corrected chi connectivity index (χ2v) is 7.43. The van der Waals surface area contributed by atoms with Gasteiger partial charge in [0.15, 0.2) is 5.65 Å². The number of aryl methyl sites for hydroxylation is 3. The van der Waals surface area contributed by atoms with E-state index in [1.807, 2.05) is 18.2 Å². The van der Waals surface area contributed by atoms with Crippen LogP contribution < -0.4 is 10.9 Å². The van der Waals surface area contributed by atoms with Gasteiger partial charge in [0.1, 0.15) is 24.1 Å². The molecule has 29 heavy (non-hydrogen) atoms. The minimum absolute atomic E-state index is 0.117. The van der Waals surface area contributed by atoms with Gasteiger partial charge in [-0.1, -0.05) is 6.42 Å². The summed E-state index contributed by atoms with van der Waals surface area (Å²) in [6.07, 6.45) is 7.40. The number of benzene rings is 1. The first-order chi connectivity index (χ1) is 14.1. The molecule has 1 N–H and O–H groups in total. The first kappa shape index (κ1) is 17.6. The SMILES string of the molecule is Cn1ncc2c(=O)n(CC(=O)Nc3ccc4c(c3)nc3n4CCCCC3)cnc21. The third kappa shape index (κ3) is 3.08. The molecule has 1 amide bonds. The Labute approximate surface area is 166 Å². The van der Waals surface area contributed by atoms with Crippen molar-refractivity contribution in [2.75, 3.05) is 5.32 Å². The predicted octanol–water partition coefficient (Wildman–Crippen LogP) is 1.84. The molecule has 3 aromatic heterocycles. The molecule has 9 nitrogen and oxygen atoms in total. The van der Waals surface area contributed by atoms with Crippen LogP contribution in [0.15, 0.2) is 35.5 Å². The smallest absolute Gasteiger partial charge is 0.264 e. The largest absolute Gasteiger partial charge is 0.328 e. The van der Waals surface area contributed by atoms with Crippen LogP contribution in [-0.4, -0.2) is 34.8 Å². The van der Waals surface area contributed by atoms with Gasteiger partial charge < -0.3 is 9.88 Å². The zero-order valence-electron chi connectivity index (χ0n) is 16.1. The van der Waals surface area contributed by atoms with Crippen molar-refractivity contribution in [3.05, 3.63) is 46.9 Å². The van der Waals surface area contributed by atoms with E-state index < -0.39 is 0 Å². The van der Waals surface area contributed by atoms with Crippen molar-refractivity contribution in [2.45, 2.75) is 38.8 Å². The fourth-order valence-corrected chi connectivity index (χ4v) is 3.96. The highest BCUT2D eigenvalue weighted by atomic mass is 16.2. The lowest BCUT2D eigenvalue weighted by Crippen LogP contribution is -2.27. The number of nitrogens with zero attached hydrogens (tertiary/aromatic N) is 6. The lowest BCUT2D eigenvalue weighted by Gasteiger charge is -2.08. The number of amides is 1. The fraction of sp³-hybridized carbons (Fsp3) is 0.350. The van der Waals surface area contributed by atoms with Crippen molar-refractivity contribution in [1.29, 1.82) is 0 Å². The molecule has 148 valence electrons. The summed E-state index contributed by atoms with van der Waals surface area (Å²) in [5.41, 5.74) is 2.86. The molecule has 0 bridgehead atoms. The Balaban J connectivity index is 1.37. The maximum absolute atomic E-state index is 12.5. The summed E-state index contributed by atoms with van der Waals surface area (Å²) < 4.78 is 5.10. The van der Waals surface area contributed by atoms with Gasteiger partial charge in [-0.05, 0) is 31.0 Å². The number of nitrogens with one attached hydrogen (secondary N) is 1. The lowest BCUT2D eigenvalue weighted by molar-refractivity contribution is -0.116. The molecule has 1 aliphatic heterocycles. The van der Waals surface area contributed by atoms with E-state index in [0.29, 0.717) is 16.7 Å². The number of hydrogen-bond acceptors (Lipinski definition) is 5. The van der Waals surface area contributed by atoms with Gasteiger partial charge in [-0.15, -0.1) is 0 Å². The Hall–Kier alpha value is -3.49. The molecule has 0 atom stereocenters. The lowest BCUT2D eigenvalue weighted by atomic mass is 10.2. The van der Waals surface area contributed by atoms with Gasteiger partial charge in [0.25, 0.3) is 5.56 Å². The number of aromatic nitrogens is 6. The maximum atomic E-state index is 12.5. The predicted molar refractivity (Wildman–Crippen MR) is 109 cm³/mol. The second kappa shape index (κ2) is 6.84. The number of carbonyl (C=O) groups is 1. The first-order valence-corrected chi connectivity index (χ1v) is 9.76. The van der Waals surface area contributed by atoms with Crippen molar-refractivity contribution in [3.8, 4) is 0 Å². The molecule has 1 aliphatic rings. The zero-order chi connectivity index (χ0) is 20.0. The van der Waals surface area contributed by atoms with Gasteiger partial charge in [0.2, 0.25) is 5.91 Å². The third-order valence-electron chi connectivity index (χ3n) is 5.43. The van der Waals surface area contributed by atoms with Crippen molar-refractivity contribution < 1.29 is 4.79 Å². The van der Waals surface area contributed by atoms with E-state index in [1.54, 1.807) is 7.05 Å². The highest BCUT2D eigenvalue weighted by molar-refractivity contribution is 5.93. The standard InChI is InChI=1S/C20H21N7O2/c1-25-19-14(10-22-25)20(29)26(12-21-19)11-18(28)23-13-6-7-16-15(9-13)24-17-5-3-2-4-8-27(16)17/h6-7,9-10,12H,2-5,8,11H2,1H3,(H,23,28). The molecule has 4 aromatic rings. The summed E-state index contributed by atoms with van der Waals surface area (Å²) >= 11 is 0. The molecule has 1 aromatic carbocycles. The number of hydrogen-bond donors (Lipinski definition) is 1. The molecule has 0 saturated heterocycles. The van der Waals surface area contributed by atoms with E-state index >= 15 is 0 Å². The molecular weight excluding hydrogens is 370 g/mol. The minimum Gasteiger partial charge on any atom is -0.328 e. The molecule has 9 heteroatoms. The summed E-state index contributed by atoms with van der Waals surface area (Å²) in [7, 11) is 1.72. The third-order valence-corrected chi connectivity index (χ3v) is 5.43. The van der Waals surface area contributed by atoms with Crippen LogP contribution in [0.3, 0.4) is 0 Å². The van der Waals surface area contributed by atoms with Crippen LogP contribution >= 0.6 is 0 Å². The Bertz CT molecular complexity index is 1300. The topological polar surface area (TPSA) is 99.6 Å². The van der Waals surface area contributed by atoms with Gasteiger partial charge in [-0.2, -0.15) is 5.10 Å². The molecule has 0 spiro atoms. The monoisotopic (exact) mass is 391 g/mol. The molecule has 5 rings (SSSR count). The molecule has 4 heterocycles. The Morgan fingerprint density at radius 1 is 1.24 bits per heavy atom. The molecule has 0 unspecified atom stereocenters. The number of carbonyl (C=O) groups excluding carboxylic acids is 1. The van der Waals surface area contributed by atoms with E-state index in [0.717, 1.165) is 36.2 Å². The second-order valence-electron chi connectivity index (χ2n) is 7.43. The molecule has 0 radical (unpaired) electrons. The minimum atomic E-state index is -0.294. The summed E-state index contributed by atoms with van der Waals surface area (Å²) in [5.74, 6) is 0.820. The Morgan fingerprint density at radius 2 is 2.14 bits per heavy atom. The average Bonchev–Trinajstić information content (AvgIpc) is 3.15. The average molecular weight is 391 g/mol. The van der Waals surface area contributed by atoms with Gasteiger partial charge >= 0.3 is 0 Å². The highest BCUT2D eigenvalue weighted by Gasteiger charge is 2.15. The van der Waals surface area contributed by atoms with Crippen LogP contribution in [0.1, 0.15) is 25.1 Å². The van der Waals surface area contributed by atoms with Crippen molar-refractivity contribution >= 4 is 33.7 Å². The first-order valence-electron chi connectivity index (χ1n) is 9.76. The summed E-state index contributed by atoms with van der Waals surface area (Å²) in [4.78, 5) is 34.0. The summed E-state index contributed by atoms with van der Waals surface area (Å²) in [6, 6.07) is 5.77. The van der Waals surface area contributed by atoms with E-state index in [1.165, 1.54) is 34.6 Å². The van der Waals surface area contributed by atoms with Gasteiger partial charge in [-0.3, -0.25) is 18.8 Å². The van der Waals surface area contributed by atoms with Gasteiger partial charge in [-0.25, -0.2) is 9.97 Å². The molecule has 0 aliphatic carbocycles. The van der Waals surface area contributed by atoms with E-state index in [2.05, 4.69) is 20.0 Å². The molecule has 0 saturated carbocycles. The number of fused-ring (bicyclic) bond motifs is 4. The Morgan fingerprint density at radius 3 is 3.03 bits per heavy atom. The highest BCUT2D eigenvalue weighted by Crippen LogP contribution is 2.24. The van der Waals surface area contributed by atoms with Crippen molar-refractivity contribution in [2.24, 2.45) is 7.05 Å². The normalized spacial score (nSPS) is 14.1. The zero-order valence-corrected chi connectivity index (χ0v) is 16.1. The van der Waals surface area contributed by atoms with Crippen LogP contribution in [0.5, 0.6) is 0 Å². The van der Waals surface area contributed by atoms with Gasteiger partial charge in [0.05, 0.1) is 17.2 Å². The maximum Gasteiger partial charge on any atom is 0.264 e. The Kier molecular flexibility index (Phi) is 4.15. The fourth-order valence-electron chi connectivity index (χ4n) is 3.96. The number of anilines is 1. The molecule has 0 fully saturated rings. The van der Waals surface area contributed by atoms with E-state index in [9.17, 15) is 9.59 Å². The molecular formula is C20H21N7O2. The van der Waals surface area contributed by atoms with Crippen LogP contribution in [-0.2, 0) is 31.4 Å². The van der Waals surface area contributed by atoms with Crippen LogP contribution in [0.2, 0.25) is 0 Å². The summed E-state index contributed by atoms with van der Waals surface area (Å²) in [6.45, 7) is 0.874. The van der Waals surface area contributed by atoms with Crippen molar-refractivity contribution in [1.82, 2.24) is 28.9 Å².